The van der Waals surface area contributed by atoms with Gasteiger partial charge in [0.1, 0.15) is 5.75 Å². The van der Waals surface area contributed by atoms with E-state index in [1.54, 1.807) is 7.11 Å². The van der Waals surface area contributed by atoms with Gasteiger partial charge in [0.15, 0.2) is 0 Å². The molecule has 0 aromatic heterocycles. The number of ether oxygens (including phenoxy) is 1. The van der Waals surface area contributed by atoms with Crippen molar-refractivity contribution in [2.75, 3.05) is 7.11 Å². The molecule has 0 amide bonds. The fourth-order valence-electron chi connectivity index (χ4n) is 2.99. The standard InChI is InChI=1S/C16H24BrNO/c1-11(18-15-6-5-9-16(15,2)3)12-7-8-14(19-4)13(17)10-12/h7-8,10-11,15,18H,5-6,9H2,1-4H3. The number of hydrogen-bond donors (Lipinski definition) is 1. The molecule has 0 saturated heterocycles. The summed E-state index contributed by atoms with van der Waals surface area (Å²) >= 11 is 3.56. The van der Waals surface area contributed by atoms with E-state index in [0.29, 0.717) is 17.5 Å². The summed E-state index contributed by atoms with van der Waals surface area (Å²) in [4.78, 5) is 0. The van der Waals surface area contributed by atoms with E-state index in [0.717, 1.165) is 10.2 Å². The highest BCUT2D eigenvalue weighted by atomic mass is 79.9. The topological polar surface area (TPSA) is 21.3 Å². The monoisotopic (exact) mass is 325 g/mol. The molecule has 1 aromatic rings. The van der Waals surface area contributed by atoms with Crippen molar-refractivity contribution >= 4 is 15.9 Å². The maximum absolute atomic E-state index is 5.28. The Labute approximate surface area is 125 Å². The zero-order valence-electron chi connectivity index (χ0n) is 12.3. The lowest BCUT2D eigenvalue weighted by Crippen LogP contribution is -2.39. The van der Waals surface area contributed by atoms with Crippen molar-refractivity contribution in [1.82, 2.24) is 5.32 Å². The molecule has 1 N–H and O–H groups in total. The van der Waals surface area contributed by atoms with Gasteiger partial charge in [-0.25, -0.2) is 0 Å². The number of methoxy groups -OCH3 is 1. The van der Waals surface area contributed by atoms with Crippen molar-refractivity contribution in [3.05, 3.63) is 28.2 Å². The number of benzene rings is 1. The number of nitrogens with one attached hydrogen (secondary N) is 1. The molecule has 19 heavy (non-hydrogen) atoms. The zero-order valence-corrected chi connectivity index (χ0v) is 13.9. The van der Waals surface area contributed by atoms with Gasteiger partial charge in [-0.2, -0.15) is 0 Å². The summed E-state index contributed by atoms with van der Waals surface area (Å²) in [7, 11) is 1.70. The summed E-state index contributed by atoms with van der Waals surface area (Å²) in [5.74, 6) is 0.886. The Morgan fingerprint density at radius 3 is 2.68 bits per heavy atom. The summed E-state index contributed by atoms with van der Waals surface area (Å²) in [5.41, 5.74) is 1.72. The summed E-state index contributed by atoms with van der Waals surface area (Å²) in [6.45, 7) is 6.98. The van der Waals surface area contributed by atoms with E-state index < -0.39 is 0 Å². The van der Waals surface area contributed by atoms with E-state index in [1.807, 2.05) is 6.07 Å². The third-order valence-electron chi connectivity index (χ3n) is 4.38. The van der Waals surface area contributed by atoms with Crippen molar-refractivity contribution in [2.24, 2.45) is 5.41 Å². The molecule has 1 aliphatic carbocycles. The number of halogens is 1. The SMILES string of the molecule is COc1ccc(C(C)NC2CCCC2(C)C)cc1Br. The van der Waals surface area contributed by atoms with E-state index >= 15 is 0 Å². The Morgan fingerprint density at radius 1 is 1.42 bits per heavy atom. The van der Waals surface area contributed by atoms with Crippen molar-refractivity contribution < 1.29 is 4.74 Å². The van der Waals surface area contributed by atoms with E-state index in [9.17, 15) is 0 Å². The van der Waals surface area contributed by atoms with Gasteiger partial charge in [0.05, 0.1) is 11.6 Å². The van der Waals surface area contributed by atoms with Gasteiger partial charge in [0, 0.05) is 12.1 Å². The first-order valence-corrected chi connectivity index (χ1v) is 7.83. The third kappa shape index (κ3) is 3.32. The summed E-state index contributed by atoms with van der Waals surface area (Å²) in [5, 5.41) is 3.79. The molecule has 0 heterocycles. The maximum Gasteiger partial charge on any atom is 0.133 e. The zero-order chi connectivity index (χ0) is 14.0. The Balaban J connectivity index is 2.07. The van der Waals surface area contributed by atoms with E-state index in [-0.39, 0.29) is 0 Å². The molecule has 2 rings (SSSR count). The Hall–Kier alpha value is -0.540. The smallest absolute Gasteiger partial charge is 0.133 e. The Morgan fingerprint density at radius 2 is 2.16 bits per heavy atom. The van der Waals surface area contributed by atoms with Crippen LogP contribution in [0.5, 0.6) is 5.75 Å². The molecule has 1 fully saturated rings. The van der Waals surface area contributed by atoms with Crippen LogP contribution in [0.4, 0.5) is 0 Å². The van der Waals surface area contributed by atoms with Crippen molar-refractivity contribution in [3.8, 4) is 5.75 Å². The highest BCUT2D eigenvalue weighted by Gasteiger charge is 2.34. The first-order chi connectivity index (χ1) is 8.94. The molecular weight excluding hydrogens is 302 g/mol. The van der Waals surface area contributed by atoms with E-state index in [2.05, 4.69) is 54.2 Å². The number of hydrogen-bond acceptors (Lipinski definition) is 2. The van der Waals surface area contributed by atoms with Crippen molar-refractivity contribution in [2.45, 2.75) is 52.1 Å². The average molecular weight is 326 g/mol. The fraction of sp³-hybridized carbons (Fsp3) is 0.625. The summed E-state index contributed by atoms with van der Waals surface area (Å²) in [6, 6.07) is 7.30. The second kappa shape index (κ2) is 5.84. The van der Waals surface area contributed by atoms with Gasteiger partial charge in [-0.1, -0.05) is 26.3 Å². The number of rotatable bonds is 4. The highest BCUT2D eigenvalue weighted by molar-refractivity contribution is 9.10. The molecule has 0 spiro atoms. The molecule has 2 unspecified atom stereocenters. The Bertz CT molecular complexity index is 444. The van der Waals surface area contributed by atoms with Crippen LogP contribution in [0, 0.1) is 5.41 Å². The van der Waals surface area contributed by atoms with Gasteiger partial charge < -0.3 is 10.1 Å². The van der Waals surface area contributed by atoms with Gasteiger partial charge in [0.2, 0.25) is 0 Å². The lowest BCUT2D eigenvalue weighted by molar-refractivity contribution is 0.266. The minimum Gasteiger partial charge on any atom is -0.496 e. The third-order valence-corrected chi connectivity index (χ3v) is 5.00. The fourth-order valence-corrected chi connectivity index (χ4v) is 3.54. The predicted molar refractivity (Wildman–Crippen MR) is 83.7 cm³/mol. The molecule has 0 bridgehead atoms. The van der Waals surface area contributed by atoms with Crippen LogP contribution in [0.1, 0.15) is 51.6 Å². The van der Waals surface area contributed by atoms with Crippen LogP contribution in [0.25, 0.3) is 0 Å². The summed E-state index contributed by atoms with van der Waals surface area (Å²) in [6.07, 6.45) is 3.95. The molecule has 0 aliphatic heterocycles. The van der Waals surface area contributed by atoms with Crippen LogP contribution in [-0.2, 0) is 0 Å². The maximum atomic E-state index is 5.28. The molecule has 1 aromatic carbocycles. The Kier molecular flexibility index (Phi) is 4.57. The normalized spacial score (nSPS) is 23.3. The van der Waals surface area contributed by atoms with Crippen LogP contribution in [-0.4, -0.2) is 13.2 Å². The minimum absolute atomic E-state index is 0.365. The van der Waals surface area contributed by atoms with Crippen LogP contribution in [0.3, 0.4) is 0 Å². The van der Waals surface area contributed by atoms with Gasteiger partial charge in [-0.05, 0) is 58.8 Å². The average Bonchev–Trinajstić information content (AvgIpc) is 2.68. The quantitative estimate of drug-likeness (QED) is 0.867. The van der Waals surface area contributed by atoms with Gasteiger partial charge in [0.25, 0.3) is 0 Å². The second-order valence-electron chi connectivity index (χ2n) is 6.22. The molecule has 1 saturated carbocycles. The molecular formula is C16H24BrNO. The molecule has 3 heteroatoms. The minimum atomic E-state index is 0.365. The van der Waals surface area contributed by atoms with Crippen LogP contribution in [0.15, 0.2) is 22.7 Å². The van der Waals surface area contributed by atoms with Crippen LogP contribution >= 0.6 is 15.9 Å². The molecule has 2 nitrogen and oxygen atoms in total. The highest BCUT2D eigenvalue weighted by Crippen LogP contribution is 2.38. The molecule has 1 aliphatic rings. The van der Waals surface area contributed by atoms with Gasteiger partial charge >= 0.3 is 0 Å². The predicted octanol–water partition coefficient (Wildman–Crippen LogP) is 4.69. The van der Waals surface area contributed by atoms with Crippen LogP contribution < -0.4 is 10.1 Å². The van der Waals surface area contributed by atoms with E-state index in [1.165, 1.54) is 24.8 Å². The molecule has 0 radical (unpaired) electrons. The largest absolute Gasteiger partial charge is 0.496 e. The van der Waals surface area contributed by atoms with E-state index in [4.69, 9.17) is 4.74 Å². The van der Waals surface area contributed by atoms with Crippen molar-refractivity contribution in [1.29, 1.82) is 0 Å². The van der Waals surface area contributed by atoms with Gasteiger partial charge in [-0.15, -0.1) is 0 Å². The van der Waals surface area contributed by atoms with Gasteiger partial charge in [-0.3, -0.25) is 0 Å². The van der Waals surface area contributed by atoms with Crippen LogP contribution in [0.2, 0.25) is 0 Å². The molecule has 2 atom stereocenters. The first-order valence-electron chi connectivity index (χ1n) is 7.03. The lowest BCUT2D eigenvalue weighted by Gasteiger charge is -2.31. The van der Waals surface area contributed by atoms with Crippen molar-refractivity contribution in [3.63, 3.8) is 0 Å². The lowest BCUT2D eigenvalue weighted by atomic mass is 9.86. The first kappa shape index (κ1) is 14.9. The molecule has 106 valence electrons. The second-order valence-corrected chi connectivity index (χ2v) is 7.07. The summed E-state index contributed by atoms with van der Waals surface area (Å²) < 4.78 is 6.30.